The van der Waals surface area contributed by atoms with Crippen molar-refractivity contribution in [3.8, 4) is 0 Å². The molecule has 2 aromatic rings. The molecule has 0 fully saturated rings. The standard InChI is InChI=1S/C17H18F6N4S.HI/c1-24-15(25-8-7-14-26-13(10-28-14)17(21,22)23)27(2)9-11-3-5-12(6-4-11)16(18,19)20;/h3-6,10H,7-9H2,1-2H3,(H,24,25);1H. The zero-order valence-corrected chi connectivity index (χ0v) is 18.6. The summed E-state index contributed by atoms with van der Waals surface area (Å²) in [5.41, 5.74) is -0.965. The molecule has 12 heteroatoms. The topological polar surface area (TPSA) is 40.5 Å². The van der Waals surface area contributed by atoms with E-state index in [4.69, 9.17) is 0 Å². The van der Waals surface area contributed by atoms with Crippen LogP contribution in [0, 0.1) is 0 Å². The van der Waals surface area contributed by atoms with Crippen LogP contribution in [-0.4, -0.2) is 36.5 Å². The molecular formula is C17H19F6IN4S. The van der Waals surface area contributed by atoms with Crippen molar-refractivity contribution in [2.24, 2.45) is 4.99 Å². The van der Waals surface area contributed by atoms with Gasteiger partial charge in [-0.25, -0.2) is 4.98 Å². The molecule has 0 amide bonds. The predicted molar refractivity (Wildman–Crippen MR) is 111 cm³/mol. The number of halogens is 7. The normalized spacial score (nSPS) is 12.5. The minimum Gasteiger partial charge on any atom is -0.356 e. The third-order valence-electron chi connectivity index (χ3n) is 3.74. The number of hydrogen-bond acceptors (Lipinski definition) is 3. The number of aromatic nitrogens is 1. The average Bonchev–Trinajstić information content (AvgIpc) is 3.07. The van der Waals surface area contributed by atoms with E-state index in [1.54, 1.807) is 11.9 Å². The number of alkyl halides is 6. The van der Waals surface area contributed by atoms with Crippen LogP contribution >= 0.6 is 35.3 Å². The molecule has 0 aliphatic heterocycles. The van der Waals surface area contributed by atoms with Crippen LogP contribution in [0.1, 0.15) is 21.8 Å². The highest BCUT2D eigenvalue weighted by molar-refractivity contribution is 14.0. The lowest BCUT2D eigenvalue weighted by Gasteiger charge is -2.22. The molecule has 1 aromatic carbocycles. The molecule has 0 saturated carbocycles. The van der Waals surface area contributed by atoms with Gasteiger partial charge in [-0.3, -0.25) is 4.99 Å². The van der Waals surface area contributed by atoms with Gasteiger partial charge < -0.3 is 10.2 Å². The number of thiazole rings is 1. The molecule has 0 unspecified atom stereocenters. The molecule has 0 spiro atoms. The maximum absolute atomic E-state index is 12.6. The van der Waals surface area contributed by atoms with Gasteiger partial charge in [0.25, 0.3) is 0 Å². The van der Waals surface area contributed by atoms with Gasteiger partial charge in [0, 0.05) is 39.0 Å². The third-order valence-corrected chi connectivity index (χ3v) is 4.65. The van der Waals surface area contributed by atoms with E-state index in [0.29, 0.717) is 29.6 Å². The first-order valence-corrected chi connectivity index (χ1v) is 8.98. The van der Waals surface area contributed by atoms with Crippen LogP contribution in [0.25, 0.3) is 0 Å². The van der Waals surface area contributed by atoms with Gasteiger partial charge >= 0.3 is 12.4 Å². The van der Waals surface area contributed by atoms with E-state index in [1.807, 2.05) is 0 Å². The molecule has 1 N–H and O–H groups in total. The Morgan fingerprint density at radius 2 is 1.72 bits per heavy atom. The van der Waals surface area contributed by atoms with Crippen LogP contribution < -0.4 is 5.32 Å². The number of hydrogen-bond donors (Lipinski definition) is 1. The highest BCUT2D eigenvalue weighted by Crippen LogP contribution is 2.30. The number of rotatable bonds is 5. The lowest BCUT2D eigenvalue weighted by molar-refractivity contribution is -0.141. The van der Waals surface area contributed by atoms with E-state index in [0.717, 1.165) is 28.8 Å². The van der Waals surface area contributed by atoms with E-state index in [2.05, 4.69) is 15.3 Å². The highest BCUT2D eigenvalue weighted by Gasteiger charge is 2.33. The summed E-state index contributed by atoms with van der Waals surface area (Å²) in [4.78, 5) is 9.32. The Hall–Kier alpha value is -1.57. The van der Waals surface area contributed by atoms with Crippen molar-refractivity contribution in [1.29, 1.82) is 0 Å². The van der Waals surface area contributed by atoms with E-state index in [1.165, 1.54) is 19.2 Å². The molecule has 0 atom stereocenters. The number of nitrogens with one attached hydrogen (secondary N) is 1. The first-order valence-electron chi connectivity index (χ1n) is 8.10. The molecule has 1 heterocycles. The van der Waals surface area contributed by atoms with Crippen molar-refractivity contribution < 1.29 is 26.3 Å². The van der Waals surface area contributed by atoms with Crippen molar-refractivity contribution in [1.82, 2.24) is 15.2 Å². The van der Waals surface area contributed by atoms with Crippen molar-refractivity contribution in [2.45, 2.75) is 25.3 Å². The van der Waals surface area contributed by atoms with Gasteiger partial charge in [0.05, 0.1) is 10.6 Å². The largest absolute Gasteiger partial charge is 0.434 e. The van der Waals surface area contributed by atoms with Gasteiger partial charge in [-0.2, -0.15) is 26.3 Å². The predicted octanol–water partition coefficient (Wildman–Crippen LogP) is 5.05. The summed E-state index contributed by atoms with van der Waals surface area (Å²) >= 11 is 0.933. The van der Waals surface area contributed by atoms with Crippen LogP contribution in [0.3, 0.4) is 0 Å². The summed E-state index contributed by atoms with van der Waals surface area (Å²) in [6.07, 6.45) is -8.56. The molecule has 0 saturated heterocycles. The second kappa shape index (κ2) is 10.5. The third kappa shape index (κ3) is 7.64. The zero-order valence-electron chi connectivity index (χ0n) is 15.4. The maximum Gasteiger partial charge on any atom is 0.434 e. The summed E-state index contributed by atoms with van der Waals surface area (Å²) in [5.74, 6) is 0.465. The first-order chi connectivity index (χ1) is 13.0. The molecule has 0 aliphatic rings. The summed E-state index contributed by atoms with van der Waals surface area (Å²) in [6, 6.07) is 4.81. The van der Waals surface area contributed by atoms with E-state index in [-0.39, 0.29) is 30.4 Å². The number of benzene rings is 1. The Bertz CT molecular complexity index is 801. The van der Waals surface area contributed by atoms with Gasteiger partial charge in [-0.05, 0) is 17.7 Å². The summed E-state index contributed by atoms with van der Waals surface area (Å²) in [5, 5.41) is 4.32. The smallest absolute Gasteiger partial charge is 0.356 e. The van der Waals surface area contributed by atoms with Gasteiger partial charge in [0.1, 0.15) is 0 Å². The second-order valence-electron chi connectivity index (χ2n) is 5.90. The van der Waals surface area contributed by atoms with Crippen LogP contribution in [0.2, 0.25) is 0 Å². The Kier molecular flexibility index (Phi) is 9.18. The van der Waals surface area contributed by atoms with Crippen LogP contribution in [-0.2, 0) is 25.3 Å². The summed E-state index contributed by atoms with van der Waals surface area (Å²) < 4.78 is 75.5. The van der Waals surface area contributed by atoms with E-state index in [9.17, 15) is 26.3 Å². The van der Waals surface area contributed by atoms with Gasteiger partial charge in [0.15, 0.2) is 11.7 Å². The minimum absolute atomic E-state index is 0. The zero-order chi connectivity index (χ0) is 20.9. The number of nitrogens with zero attached hydrogens (tertiary/aromatic N) is 3. The van der Waals surface area contributed by atoms with Gasteiger partial charge in [0.2, 0.25) is 0 Å². The SMILES string of the molecule is CN=C(NCCc1nc(C(F)(F)F)cs1)N(C)Cc1ccc(C(F)(F)F)cc1.I. The Balaban J connectivity index is 0.00000420. The Morgan fingerprint density at radius 1 is 1.10 bits per heavy atom. The lowest BCUT2D eigenvalue weighted by Crippen LogP contribution is -2.39. The average molecular weight is 552 g/mol. The van der Waals surface area contributed by atoms with Crippen LogP contribution in [0.15, 0.2) is 34.6 Å². The molecule has 4 nitrogen and oxygen atoms in total. The molecule has 2 rings (SSSR count). The fourth-order valence-electron chi connectivity index (χ4n) is 2.37. The molecule has 0 aliphatic carbocycles. The van der Waals surface area contributed by atoms with Crippen LogP contribution in [0.5, 0.6) is 0 Å². The molecule has 162 valence electrons. The minimum atomic E-state index is -4.46. The van der Waals surface area contributed by atoms with Gasteiger partial charge in [-0.15, -0.1) is 35.3 Å². The summed E-state index contributed by atoms with van der Waals surface area (Å²) in [7, 11) is 3.24. The molecule has 29 heavy (non-hydrogen) atoms. The number of aliphatic imine (C=N–C) groups is 1. The lowest BCUT2D eigenvalue weighted by atomic mass is 10.1. The monoisotopic (exact) mass is 552 g/mol. The van der Waals surface area contributed by atoms with Crippen molar-refractivity contribution in [2.75, 3.05) is 20.6 Å². The fraction of sp³-hybridized carbons (Fsp3) is 0.412. The van der Waals surface area contributed by atoms with Crippen molar-refractivity contribution in [3.63, 3.8) is 0 Å². The van der Waals surface area contributed by atoms with E-state index >= 15 is 0 Å². The quantitative estimate of drug-likeness (QED) is 0.245. The van der Waals surface area contributed by atoms with Gasteiger partial charge in [-0.1, -0.05) is 12.1 Å². The molecular weight excluding hydrogens is 533 g/mol. The maximum atomic E-state index is 12.6. The molecule has 1 aromatic heterocycles. The molecule has 0 radical (unpaired) electrons. The highest BCUT2D eigenvalue weighted by atomic mass is 127. The molecule has 0 bridgehead atoms. The Morgan fingerprint density at radius 3 is 2.21 bits per heavy atom. The fourth-order valence-corrected chi connectivity index (χ4v) is 3.17. The first kappa shape index (κ1) is 25.5. The summed E-state index contributed by atoms with van der Waals surface area (Å²) in [6.45, 7) is 0.627. The van der Waals surface area contributed by atoms with E-state index < -0.39 is 23.6 Å². The number of guanidine groups is 1. The second-order valence-corrected chi connectivity index (χ2v) is 6.84. The van der Waals surface area contributed by atoms with Crippen molar-refractivity contribution in [3.05, 3.63) is 51.5 Å². The Labute approximate surface area is 185 Å². The van der Waals surface area contributed by atoms with Crippen LogP contribution in [0.4, 0.5) is 26.3 Å². The van der Waals surface area contributed by atoms with Crippen molar-refractivity contribution >= 4 is 41.3 Å².